The third-order valence-corrected chi connectivity index (χ3v) is 10.9. The van der Waals surface area contributed by atoms with Crippen molar-refractivity contribution >= 4 is 24.8 Å². The minimum absolute atomic E-state index is 0.0384. The maximum atomic E-state index is 12.8. The summed E-state index contributed by atoms with van der Waals surface area (Å²) in [4.78, 5) is 14.7. The van der Waals surface area contributed by atoms with E-state index in [0.717, 1.165) is 19.4 Å². The molecule has 0 aromatic heterocycles. The van der Waals surface area contributed by atoms with Gasteiger partial charge in [0.2, 0.25) is 0 Å². The molecule has 1 aliphatic heterocycles. The number of benzene rings is 2. The topological polar surface area (TPSA) is 38.8 Å². The summed E-state index contributed by atoms with van der Waals surface area (Å²) in [6.07, 6.45) is 1.69. The third kappa shape index (κ3) is 5.21. The Balaban J connectivity index is 1.94. The Hall–Kier alpha value is -2.11. The van der Waals surface area contributed by atoms with Gasteiger partial charge in [-0.1, -0.05) is 81.4 Å². The van der Waals surface area contributed by atoms with Gasteiger partial charge >= 0.3 is 6.09 Å². The van der Waals surface area contributed by atoms with Gasteiger partial charge in [-0.2, -0.15) is 0 Å². The van der Waals surface area contributed by atoms with Crippen LogP contribution in [0.1, 0.15) is 54.4 Å². The number of nitrogens with zero attached hydrogens (tertiary/aromatic N) is 1. The molecule has 1 atom stereocenters. The number of amides is 1. The van der Waals surface area contributed by atoms with Crippen LogP contribution in [0.2, 0.25) is 5.04 Å². The van der Waals surface area contributed by atoms with Crippen molar-refractivity contribution in [1.29, 1.82) is 0 Å². The van der Waals surface area contributed by atoms with E-state index in [1.165, 1.54) is 10.4 Å². The molecule has 0 aliphatic carbocycles. The van der Waals surface area contributed by atoms with Crippen LogP contribution in [-0.2, 0) is 9.16 Å². The highest BCUT2D eigenvalue weighted by atomic mass is 28.4. The Morgan fingerprint density at radius 3 is 1.90 bits per heavy atom. The molecule has 1 amide bonds. The summed E-state index contributed by atoms with van der Waals surface area (Å²) >= 11 is 0. The SMILES string of the molecule is CC(C)(C)OC(=O)N1CCCC1CO[Si](c1ccccc1)(c1ccccc1)C(C)(C)C. The van der Waals surface area contributed by atoms with Gasteiger partial charge in [-0.25, -0.2) is 4.79 Å². The molecule has 0 saturated carbocycles. The lowest BCUT2D eigenvalue weighted by Crippen LogP contribution is -2.67. The second kappa shape index (κ2) is 9.17. The Morgan fingerprint density at radius 1 is 0.935 bits per heavy atom. The normalized spacial score (nSPS) is 17.6. The summed E-state index contributed by atoms with van der Waals surface area (Å²) in [7, 11) is -2.61. The molecule has 0 spiro atoms. The summed E-state index contributed by atoms with van der Waals surface area (Å²) in [5, 5.41) is 2.44. The molecule has 4 nitrogen and oxygen atoms in total. The summed E-state index contributed by atoms with van der Waals surface area (Å²) in [6.45, 7) is 13.8. The second-order valence-corrected chi connectivity index (χ2v) is 14.7. The summed E-state index contributed by atoms with van der Waals surface area (Å²) in [6, 6.07) is 21.3. The summed E-state index contributed by atoms with van der Waals surface area (Å²) in [5.74, 6) is 0. The quantitative estimate of drug-likeness (QED) is 0.618. The molecule has 168 valence electrons. The zero-order valence-corrected chi connectivity index (χ0v) is 20.9. The Morgan fingerprint density at radius 2 is 1.45 bits per heavy atom. The van der Waals surface area contributed by atoms with Gasteiger partial charge in [0.15, 0.2) is 0 Å². The first-order chi connectivity index (χ1) is 14.5. The fraction of sp³-hybridized carbons (Fsp3) is 0.500. The average molecular weight is 440 g/mol. The molecule has 2 aromatic rings. The van der Waals surface area contributed by atoms with Crippen molar-refractivity contribution in [3.63, 3.8) is 0 Å². The van der Waals surface area contributed by atoms with Crippen LogP contribution < -0.4 is 10.4 Å². The molecule has 3 rings (SSSR count). The summed E-state index contributed by atoms with van der Waals surface area (Å²) < 4.78 is 12.7. The predicted octanol–water partition coefficient (Wildman–Crippen LogP) is 4.96. The van der Waals surface area contributed by atoms with Crippen molar-refractivity contribution in [1.82, 2.24) is 4.90 Å². The van der Waals surface area contributed by atoms with Gasteiger partial charge in [-0.05, 0) is 49.0 Å². The third-order valence-electron chi connectivity index (χ3n) is 5.91. The van der Waals surface area contributed by atoms with Crippen molar-refractivity contribution < 1.29 is 14.0 Å². The monoisotopic (exact) mass is 439 g/mol. The number of ether oxygens (including phenoxy) is 1. The van der Waals surface area contributed by atoms with Gasteiger partial charge in [-0.3, -0.25) is 0 Å². The van der Waals surface area contributed by atoms with Crippen molar-refractivity contribution in [2.75, 3.05) is 13.2 Å². The van der Waals surface area contributed by atoms with E-state index in [0.29, 0.717) is 6.61 Å². The highest BCUT2D eigenvalue weighted by Crippen LogP contribution is 2.37. The van der Waals surface area contributed by atoms with Crippen molar-refractivity contribution in [3.05, 3.63) is 60.7 Å². The predicted molar refractivity (Wildman–Crippen MR) is 130 cm³/mol. The van der Waals surface area contributed by atoms with Crippen LogP contribution in [0.5, 0.6) is 0 Å². The molecular weight excluding hydrogens is 402 g/mol. The Labute approximate surface area is 188 Å². The fourth-order valence-electron chi connectivity index (χ4n) is 4.55. The summed E-state index contributed by atoms with van der Waals surface area (Å²) in [5.41, 5.74) is -0.497. The van der Waals surface area contributed by atoms with E-state index in [2.05, 4.69) is 81.4 Å². The highest BCUT2D eigenvalue weighted by Gasteiger charge is 2.50. The van der Waals surface area contributed by atoms with E-state index >= 15 is 0 Å². The van der Waals surface area contributed by atoms with Crippen LogP contribution in [0, 0.1) is 0 Å². The number of hydrogen-bond donors (Lipinski definition) is 0. The van der Waals surface area contributed by atoms with Crippen LogP contribution >= 0.6 is 0 Å². The molecule has 1 aliphatic rings. The van der Waals surface area contributed by atoms with Crippen LogP contribution in [0.3, 0.4) is 0 Å². The van der Waals surface area contributed by atoms with Crippen LogP contribution in [0.4, 0.5) is 4.79 Å². The molecule has 1 unspecified atom stereocenters. The van der Waals surface area contributed by atoms with Gasteiger partial charge < -0.3 is 14.1 Å². The van der Waals surface area contributed by atoms with E-state index in [1.807, 2.05) is 25.7 Å². The molecular formula is C26H37NO3Si. The first kappa shape index (κ1) is 23.5. The molecule has 31 heavy (non-hydrogen) atoms. The molecule has 1 fully saturated rings. The van der Waals surface area contributed by atoms with Crippen molar-refractivity contribution in [2.24, 2.45) is 0 Å². The minimum atomic E-state index is -2.61. The maximum absolute atomic E-state index is 12.8. The molecule has 1 heterocycles. The van der Waals surface area contributed by atoms with Gasteiger partial charge in [0.1, 0.15) is 5.60 Å². The zero-order valence-electron chi connectivity index (χ0n) is 19.9. The van der Waals surface area contributed by atoms with Gasteiger partial charge in [0.25, 0.3) is 8.32 Å². The average Bonchev–Trinajstić information content (AvgIpc) is 3.17. The first-order valence-corrected chi connectivity index (χ1v) is 13.2. The van der Waals surface area contributed by atoms with Gasteiger partial charge in [0, 0.05) is 6.54 Å². The molecule has 0 N–H and O–H groups in total. The highest BCUT2D eigenvalue weighted by molar-refractivity contribution is 6.99. The second-order valence-electron chi connectivity index (χ2n) is 10.4. The van der Waals surface area contributed by atoms with Crippen molar-refractivity contribution in [2.45, 2.75) is 71.1 Å². The molecule has 2 aromatic carbocycles. The lowest BCUT2D eigenvalue weighted by atomic mass is 10.2. The standard InChI is InChI=1S/C26H37NO3Si/c1-25(2,3)30-24(28)27-19-13-14-21(27)20-29-31(26(4,5)6,22-15-9-7-10-16-22)23-17-11-8-12-18-23/h7-12,15-18,21H,13-14,19-20H2,1-6H3. The number of carbonyl (C=O) groups is 1. The Bertz CT molecular complexity index is 816. The fourth-order valence-corrected chi connectivity index (χ4v) is 9.15. The van der Waals surface area contributed by atoms with E-state index in [4.69, 9.17) is 9.16 Å². The van der Waals surface area contributed by atoms with E-state index < -0.39 is 13.9 Å². The molecule has 5 heteroatoms. The van der Waals surface area contributed by atoms with Gasteiger partial charge in [-0.15, -0.1) is 0 Å². The van der Waals surface area contributed by atoms with Gasteiger partial charge in [0.05, 0.1) is 12.6 Å². The van der Waals surface area contributed by atoms with Crippen LogP contribution in [0.15, 0.2) is 60.7 Å². The number of likely N-dealkylation sites (tertiary alicyclic amines) is 1. The zero-order chi connectivity index (χ0) is 22.7. The van der Waals surface area contributed by atoms with Crippen molar-refractivity contribution in [3.8, 4) is 0 Å². The number of carbonyl (C=O) groups excluding carboxylic acids is 1. The lowest BCUT2D eigenvalue weighted by molar-refractivity contribution is 0.0183. The Kier molecular flexibility index (Phi) is 6.97. The van der Waals surface area contributed by atoms with Crippen LogP contribution in [0.25, 0.3) is 0 Å². The lowest BCUT2D eigenvalue weighted by Gasteiger charge is -2.44. The van der Waals surface area contributed by atoms with E-state index in [9.17, 15) is 4.79 Å². The number of rotatable bonds is 5. The largest absolute Gasteiger partial charge is 0.444 e. The molecule has 0 radical (unpaired) electrons. The molecule has 1 saturated heterocycles. The van der Waals surface area contributed by atoms with E-state index in [-0.39, 0.29) is 17.2 Å². The van der Waals surface area contributed by atoms with E-state index in [1.54, 1.807) is 0 Å². The molecule has 0 bridgehead atoms. The smallest absolute Gasteiger partial charge is 0.410 e. The first-order valence-electron chi connectivity index (χ1n) is 11.3. The minimum Gasteiger partial charge on any atom is -0.444 e. The van der Waals surface area contributed by atoms with Crippen LogP contribution in [-0.4, -0.2) is 44.1 Å². The maximum Gasteiger partial charge on any atom is 0.410 e. The number of hydrogen-bond acceptors (Lipinski definition) is 3.